The van der Waals surface area contributed by atoms with E-state index in [0.29, 0.717) is 0 Å². The molecule has 5 heteroatoms. The number of nitrogens with two attached hydrogens (primary N) is 1. The van der Waals surface area contributed by atoms with Gasteiger partial charge in [0.15, 0.2) is 0 Å². The highest BCUT2D eigenvalue weighted by atomic mass is 16.4. The lowest BCUT2D eigenvalue weighted by molar-refractivity contribution is -0.142. The van der Waals surface area contributed by atoms with E-state index >= 15 is 0 Å². The zero-order valence-electron chi connectivity index (χ0n) is 9.61. The molecule has 5 nitrogen and oxygen atoms in total. The minimum absolute atomic E-state index is 0.136. The van der Waals surface area contributed by atoms with Crippen molar-refractivity contribution in [1.29, 1.82) is 0 Å². The smallest absolute Gasteiger partial charge is 0.325 e. The van der Waals surface area contributed by atoms with Crippen molar-refractivity contribution in [1.82, 2.24) is 5.32 Å². The van der Waals surface area contributed by atoms with Crippen molar-refractivity contribution in [3.63, 3.8) is 0 Å². The van der Waals surface area contributed by atoms with Crippen molar-refractivity contribution >= 4 is 11.9 Å². The minimum atomic E-state index is -1.02. The highest BCUT2D eigenvalue weighted by Crippen LogP contribution is 2.22. The summed E-state index contributed by atoms with van der Waals surface area (Å²) >= 11 is 0. The predicted octanol–water partition coefficient (Wildman–Crippen LogP) is 0.483. The molecule has 0 aliphatic heterocycles. The molecule has 16 heavy (non-hydrogen) atoms. The molecule has 4 N–H and O–H groups in total. The molecule has 2 unspecified atom stereocenters. The van der Waals surface area contributed by atoms with Gasteiger partial charge in [-0.1, -0.05) is 19.3 Å². The van der Waals surface area contributed by atoms with Crippen LogP contribution in [0, 0.1) is 5.92 Å². The molecule has 1 aliphatic rings. The molecule has 1 rings (SSSR count). The fourth-order valence-corrected chi connectivity index (χ4v) is 2.04. The molecular formula is C11H20N2O3. The van der Waals surface area contributed by atoms with Crippen LogP contribution in [0.4, 0.5) is 0 Å². The molecule has 0 aromatic rings. The second kappa shape index (κ2) is 5.84. The van der Waals surface area contributed by atoms with Gasteiger partial charge >= 0.3 is 5.97 Å². The van der Waals surface area contributed by atoms with Crippen molar-refractivity contribution in [2.24, 2.45) is 11.7 Å². The van der Waals surface area contributed by atoms with Crippen molar-refractivity contribution < 1.29 is 14.7 Å². The molecule has 0 bridgehead atoms. The molecule has 0 saturated heterocycles. The second-order valence-electron chi connectivity index (χ2n) is 4.48. The molecule has 0 aromatic heterocycles. The minimum Gasteiger partial charge on any atom is -0.480 e. The largest absolute Gasteiger partial charge is 0.480 e. The maximum atomic E-state index is 11.8. The summed E-state index contributed by atoms with van der Waals surface area (Å²) in [4.78, 5) is 22.4. The van der Waals surface area contributed by atoms with Crippen molar-refractivity contribution in [3.8, 4) is 0 Å². The van der Waals surface area contributed by atoms with Gasteiger partial charge in [-0.3, -0.25) is 9.59 Å². The number of rotatable bonds is 3. The maximum absolute atomic E-state index is 11.8. The number of carboxylic acids is 1. The monoisotopic (exact) mass is 228 g/mol. The zero-order valence-corrected chi connectivity index (χ0v) is 9.61. The van der Waals surface area contributed by atoms with Gasteiger partial charge in [0, 0.05) is 6.04 Å². The van der Waals surface area contributed by atoms with Crippen molar-refractivity contribution in [2.45, 2.75) is 51.1 Å². The molecule has 3 atom stereocenters. The van der Waals surface area contributed by atoms with Crippen LogP contribution in [0.1, 0.15) is 39.0 Å². The Balaban J connectivity index is 2.53. The number of nitrogens with one attached hydrogen (secondary N) is 1. The molecule has 0 spiro atoms. The van der Waals surface area contributed by atoms with Crippen LogP contribution >= 0.6 is 0 Å². The Morgan fingerprint density at radius 1 is 1.31 bits per heavy atom. The van der Waals surface area contributed by atoms with E-state index in [1.165, 1.54) is 6.92 Å². The standard InChI is InChI=1S/C11H20N2O3/c1-7(11(15)16)13-10(14)8-5-3-2-4-6-9(8)12/h7-9H,2-6,12H2,1H3,(H,13,14)(H,15,16)/t7-,8?,9?/m1/s1. The Bertz CT molecular complexity index is 268. The first kappa shape index (κ1) is 13.0. The lowest BCUT2D eigenvalue weighted by Crippen LogP contribution is -2.46. The predicted molar refractivity (Wildman–Crippen MR) is 59.8 cm³/mol. The van der Waals surface area contributed by atoms with Crippen LogP contribution in [0.2, 0.25) is 0 Å². The molecular weight excluding hydrogens is 208 g/mol. The van der Waals surface area contributed by atoms with Gasteiger partial charge in [-0.05, 0) is 19.8 Å². The highest BCUT2D eigenvalue weighted by Gasteiger charge is 2.28. The Hall–Kier alpha value is -1.10. The molecule has 1 aliphatic carbocycles. The number of amides is 1. The average molecular weight is 228 g/mol. The summed E-state index contributed by atoms with van der Waals surface area (Å²) in [6.45, 7) is 1.46. The molecule has 92 valence electrons. The second-order valence-corrected chi connectivity index (χ2v) is 4.48. The SMILES string of the molecule is C[C@@H](NC(=O)C1CCCCCC1N)C(=O)O. The maximum Gasteiger partial charge on any atom is 0.325 e. The van der Waals surface area contributed by atoms with Crippen LogP contribution in [0.3, 0.4) is 0 Å². The third kappa shape index (κ3) is 3.48. The van der Waals surface area contributed by atoms with Gasteiger partial charge in [-0.2, -0.15) is 0 Å². The lowest BCUT2D eigenvalue weighted by Gasteiger charge is -2.21. The first-order chi connectivity index (χ1) is 7.52. The zero-order chi connectivity index (χ0) is 12.1. The number of carbonyl (C=O) groups is 2. The van der Waals surface area contributed by atoms with Crippen LogP contribution in [-0.2, 0) is 9.59 Å². The quantitative estimate of drug-likeness (QED) is 0.613. The van der Waals surface area contributed by atoms with Gasteiger partial charge < -0.3 is 16.2 Å². The van der Waals surface area contributed by atoms with Crippen LogP contribution in [-0.4, -0.2) is 29.1 Å². The molecule has 0 radical (unpaired) electrons. The van der Waals surface area contributed by atoms with Crippen LogP contribution < -0.4 is 11.1 Å². The third-order valence-corrected chi connectivity index (χ3v) is 3.14. The Morgan fingerprint density at radius 3 is 2.56 bits per heavy atom. The summed E-state index contributed by atoms with van der Waals surface area (Å²) in [5.41, 5.74) is 5.92. The van der Waals surface area contributed by atoms with Gasteiger partial charge in [0.2, 0.25) is 5.91 Å². The molecule has 1 saturated carbocycles. The van der Waals surface area contributed by atoms with E-state index in [0.717, 1.165) is 32.1 Å². The summed E-state index contributed by atoms with van der Waals surface area (Å²) < 4.78 is 0. The van der Waals surface area contributed by atoms with Gasteiger partial charge in [0.1, 0.15) is 6.04 Å². The number of carboxylic acid groups (broad SMARTS) is 1. The van der Waals surface area contributed by atoms with E-state index in [1.807, 2.05) is 0 Å². The summed E-state index contributed by atoms with van der Waals surface area (Å²) in [7, 11) is 0. The average Bonchev–Trinajstić information content (AvgIpc) is 2.42. The normalized spacial score (nSPS) is 27.9. The Labute approximate surface area is 95.4 Å². The number of aliphatic carboxylic acids is 1. The summed E-state index contributed by atoms with van der Waals surface area (Å²) in [5.74, 6) is -1.47. The molecule has 0 heterocycles. The first-order valence-corrected chi connectivity index (χ1v) is 5.81. The highest BCUT2D eigenvalue weighted by molar-refractivity contribution is 5.85. The number of hydrogen-bond donors (Lipinski definition) is 3. The van der Waals surface area contributed by atoms with Gasteiger partial charge in [-0.15, -0.1) is 0 Å². The van der Waals surface area contributed by atoms with E-state index in [9.17, 15) is 9.59 Å². The van der Waals surface area contributed by atoms with Crippen molar-refractivity contribution in [2.75, 3.05) is 0 Å². The van der Waals surface area contributed by atoms with E-state index in [4.69, 9.17) is 10.8 Å². The molecule has 0 aromatic carbocycles. The first-order valence-electron chi connectivity index (χ1n) is 5.81. The van der Waals surface area contributed by atoms with Gasteiger partial charge in [0.25, 0.3) is 0 Å². The van der Waals surface area contributed by atoms with E-state index in [1.54, 1.807) is 0 Å². The van der Waals surface area contributed by atoms with Crippen LogP contribution in [0.15, 0.2) is 0 Å². The molecule has 1 amide bonds. The lowest BCUT2D eigenvalue weighted by atomic mass is 9.94. The number of carbonyl (C=O) groups excluding carboxylic acids is 1. The summed E-state index contributed by atoms with van der Waals surface area (Å²) in [5, 5.41) is 11.2. The fraction of sp³-hybridized carbons (Fsp3) is 0.818. The van der Waals surface area contributed by atoms with Gasteiger partial charge in [-0.25, -0.2) is 0 Å². The summed E-state index contributed by atoms with van der Waals surface area (Å²) in [6.07, 6.45) is 4.76. The van der Waals surface area contributed by atoms with Crippen LogP contribution in [0.25, 0.3) is 0 Å². The van der Waals surface area contributed by atoms with Gasteiger partial charge in [0.05, 0.1) is 5.92 Å². The Kier molecular flexibility index (Phi) is 4.73. The van der Waals surface area contributed by atoms with E-state index < -0.39 is 12.0 Å². The Morgan fingerprint density at radius 2 is 1.94 bits per heavy atom. The number of hydrogen-bond acceptors (Lipinski definition) is 3. The fourth-order valence-electron chi connectivity index (χ4n) is 2.04. The molecule has 1 fully saturated rings. The van der Waals surface area contributed by atoms with Crippen molar-refractivity contribution in [3.05, 3.63) is 0 Å². The summed E-state index contributed by atoms with van der Waals surface area (Å²) in [6, 6.07) is -0.980. The van der Waals surface area contributed by atoms with Crippen LogP contribution in [0.5, 0.6) is 0 Å². The van der Waals surface area contributed by atoms with E-state index in [-0.39, 0.29) is 17.9 Å². The van der Waals surface area contributed by atoms with E-state index in [2.05, 4.69) is 5.32 Å². The topological polar surface area (TPSA) is 92.4 Å². The third-order valence-electron chi connectivity index (χ3n) is 3.14.